The van der Waals surface area contributed by atoms with Crippen molar-refractivity contribution in [3.63, 3.8) is 0 Å². The van der Waals surface area contributed by atoms with E-state index in [1.165, 1.54) is 4.57 Å². The van der Waals surface area contributed by atoms with Gasteiger partial charge in [0.25, 0.3) is 5.56 Å². The van der Waals surface area contributed by atoms with Crippen LogP contribution in [0.2, 0.25) is 0 Å². The van der Waals surface area contributed by atoms with Gasteiger partial charge in [0.15, 0.2) is 11.2 Å². The fourth-order valence-corrected chi connectivity index (χ4v) is 3.82. The van der Waals surface area contributed by atoms with Crippen LogP contribution in [0.15, 0.2) is 46.2 Å². The Hall–Kier alpha value is -3.16. The summed E-state index contributed by atoms with van der Waals surface area (Å²) in [5, 5.41) is 2.88. The second-order valence-electron chi connectivity index (χ2n) is 8.80. The third-order valence-corrected chi connectivity index (χ3v) is 5.55. The lowest BCUT2D eigenvalue weighted by molar-refractivity contribution is -0.122. The van der Waals surface area contributed by atoms with Crippen molar-refractivity contribution in [2.75, 3.05) is 0 Å². The summed E-state index contributed by atoms with van der Waals surface area (Å²) in [5.41, 5.74) is 0.616. The van der Waals surface area contributed by atoms with E-state index < -0.39 is 11.2 Å². The number of carbonyl (C=O) groups excluding carboxylic acids is 1. The minimum absolute atomic E-state index is 0.0185. The molecule has 0 unspecified atom stereocenters. The number of hydrogen-bond acceptors (Lipinski definition) is 4. The van der Waals surface area contributed by atoms with Crippen LogP contribution in [0, 0.1) is 5.92 Å². The van der Waals surface area contributed by atoms with Gasteiger partial charge in [-0.15, -0.1) is 0 Å². The minimum atomic E-state index is -0.529. The summed E-state index contributed by atoms with van der Waals surface area (Å²) in [6.07, 6.45) is 4.26. The summed E-state index contributed by atoms with van der Waals surface area (Å²) < 4.78 is 4.32. The minimum Gasteiger partial charge on any atom is -0.352 e. The van der Waals surface area contributed by atoms with Crippen molar-refractivity contribution < 1.29 is 4.79 Å². The molecule has 0 saturated heterocycles. The molecule has 0 aliphatic heterocycles. The zero-order valence-electron chi connectivity index (χ0n) is 19.4. The van der Waals surface area contributed by atoms with Gasteiger partial charge in [0, 0.05) is 12.6 Å². The largest absolute Gasteiger partial charge is 0.352 e. The first-order chi connectivity index (χ1) is 15.3. The number of nitrogens with one attached hydrogen (secondary N) is 1. The van der Waals surface area contributed by atoms with Crippen LogP contribution in [0.3, 0.4) is 0 Å². The molecule has 0 aliphatic carbocycles. The van der Waals surface area contributed by atoms with Crippen molar-refractivity contribution in [2.45, 2.75) is 72.6 Å². The fourth-order valence-electron chi connectivity index (χ4n) is 3.82. The molecule has 2 heterocycles. The molecule has 3 rings (SSSR count). The van der Waals surface area contributed by atoms with Crippen LogP contribution in [0.5, 0.6) is 0 Å². The van der Waals surface area contributed by atoms with Gasteiger partial charge in [0.05, 0.1) is 12.9 Å². The number of aryl methyl sites for hydroxylation is 1. The van der Waals surface area contributed by atoms with Gasteiger partial charge in [-0.25, -0.2) is 14.3 Å². The third kappa shape index (κ3) is 5.36. The van der Waals surface area contributed by atoms with Crippen molar-refractivity contribution >= 4 is 17.1 Å². The molecule has 8 heteroatoms. The molecule has 1 amide bonds. The van der Waals surface area contributed by atoms with Crippen LogP contribution in [0.25, 0.3) is 11.2 Å². The molecule has 0 spiro atoms. The van der Waals surface area contributed by atoms with E-state index in [2.05, 4.69) is 24.1 Å². The van der Waals surface area contributed by atoms with Gasteiger partial charge < -0.3 is 9.88 Å². The predicted octanol–water partition coefficient (Wildman–Crippen LogP) is 2.76. The van der Waals surface area contributed by atoms with E-state index in [-0.39, 0.29) is 25.0 Å². The van der Waals surface area contributed by atoms with Crippen molar-refractivity contribution in [3.05, 3.63) is 63.1 Å². The van der Waals surface area contributed by atoms with Crippen LogP contribution >= 0.6 is 0 Å². The Kier molecular flexibility index (Phi) is 7.66. The molecule has 0 aliphatic rings. The average molecular weight is 440 g/mol. The van der Waals surface area contributed by atoms with Gasteiger partial charge >= 0.3 is 5.69 Å². The van der Waals surface area contributed by atoms with Crippen LogP contribution < -0.4 is 16.6 Å². The SMILES string of the molecule is CCC[C@@H](C)NC(=O)Cn1c(=O)c2c(ncn2CCC(C)C)n(Cc2ccccc2)c1=O. The molecule has 172 valence electrons. The highest BCUT2D eigenvalue weighted by molar-refractivity contribution is 5.77. The van der Waals surface area contributed by atoms with Gasteiger partial charge in [0.1, 0.15) is 6.54 Å². The Bertz CT molecular complexity index is 1170. The number of nitrogens with zero attached hydrogens (tertiary/aromatic N) is 4. The molecule has 3 aromatic rings. The lowest BCUT2D eigenvalue weighted by atomic mass is 10.1. The molecule has 1 aromatic carbocycles. The maximum absolute atomic E-state index is 13.3. The van der Waals surface area contributed by atoms with Crippen LogP contribution in [-0.4, -0.2) is 30.6 Å². The van der Waals surface area contributed by atoms with E-state index in [1.807, 2.05) is 44.2 Å². The van der Waals surface area contributed by atoms with E-state index in [1.54, 1.807) is 10.9 Å². The first-order valence-electron chi connectivity index (χ1n) is 11.3. The molecule has 0 saturated carbocycles. The maximum atomic E-state index is 13.3. The topological polar surface area (TPSA) is 90.9 Å². The van der Waals surface area contributed by atoms with Crippen molar-refractivity contribution in [3.8, 4) is 0 Å². The van der Waals surface area contributed by atoms with Crippen LogP contribution in [0.1, 0.15) is 52.5 Å². The molecule has 8 nitrogen and oxygen atoms in total. The van der Waals surface area contributed by atoms with E-state index in [4.69, 9.17) is 0 Å². The number of amides is 1. The second-order valence-corrected chi connectivity index (χ2v) is 8.80. The summed E-state index contributed by atoms with van der Waals surface area (Å²) in [6, 6.07) is 9.53. The molecular formula is C24H33N5O3. The Balaban J connectivity index is 2.08. The van der Waals surface area contributed by atoms with E-state index in [0.29, 0.717) is 23.6 Å². The second kappa shape index (κ2) is 10.4. The molecule has 0 fully saturated rings. The number of carbonyl (C=O) groups is 1. The normalized spacial score (nSPS) is 12.4. The zero-order valence-corrected chi connectivity index (χ0v) is 19.4. The summed E-state index contributed by atoms with van der Waals surface area (Å²) in [5.74, 6) is 0.111. The average Bonchev–Trinajstić information content (AvgIpc) is 3.17. The first kappa shape index (κ1) is 23.5. The standard InChI is InChI=1S/C24H33N5O3/c1-5-9-18(4)26-20(30)15-29-23(31)21-22(25-16-27(21)13-12-17(2)3)28(24(29)32)14-19-10-7-6-8-11-19/h6-8,10-11,16-18H,5,9,12-15H2,1-4H3,(H,26,30)/t18-/m1/s1. The number of aromatic nitrogens is 4. The highest BCUT2D eigenvalue weighted by Crippen LogP contribution is 2.12. The number of fused-ring (bicyclic) bond motifs is 1. The molecule has 32 heavy (non-hydrogen) atoms. The van der Waals surface area contributed by atoms with Crippen molar-refractivity contribution in [2.24, 2.45) is 5.92 Å². The van der Waals surface area contributed by atoms with Gasteiger partial charge in [-0.05, 0) is 31.2 Å². The molecular weight excluding hydrogens is 406 g/mol. The predicted molar refractivity (Wildman–Crippen MR) is 126 cm³/mol. The lowest BCUT2D eigenvalue weighted by Gasteiger charge is -2.15. The molecule has 0 radical (unpaired) electrons. The fraction of sp³-hybridized carbons (Fsp3) is 0.500. The molecule has 1 N–H and O–H groups in total. The summed E-state index contributed by atoms with van der Waals surface area (Å²) in [6.45, 7) is 8.77. The van der Waals surface area contributed by atoms with E-state index >= 15 is 0 Å². The Morgan fingerprint density at radius 1 is 1.06 bits per heavy atom. The summed E-state index contributed by atoms with van der Waals surface area (Å²) >= 11 is 0. The lowest BCUT2D eigenvalue weighted by Crippen LogP contribution is -2.45. The van der Waals surface area contributed by atoms with E-state index in [0.717, 1.165) is 29.4 Å². The summed E-state index contributed by atoms with van der Waals surface area (Å²) in [4.78, 5) is 43.7. The molecule has 2 aromatic heterocycles. The number of benzene rings is 1. The van der Waals surface area contributed by atoms with Crippen LogP contribution in [-0.2, 0) is 24.4 Å². The molecule has 0 bridgehead atoms. The Labute approximate surface area is 187 Å². The van der Waals surface area contributed by atoms with Gasteiger partial charge in [-0.2, -0.15) is 0 Å². The quantitative estimate of drug-likeness (QED) is 0.526. The maximum Gasteiger partial charge on any atom is 0.333 e. The van der Waals surface area contributed by atoms with Gasteiger partial charge in [-0.3, -0.25) is 14.2 Å². The Morgan fingerprint density at radius 3 is 2.44 bits per heavy atom. The monoisotopic (exact) mass is 439 g/mol. The number of hydrogen-bond donors (Lipinski definition) is 1. The number of imidazole rings is 1. The molecule has 1 atom stereocenters. The van der Waals surface area contributed by atoms with Crippen molar-refractivity contribution in [1.29, 1.82) is 0 Å². The van der Waals surface area contributed by atoms with Crippen molar-refractivity contribution in [1.82, 2.24) is 24.0 Å². The zero-order chi connectivity index (χ0) is 23.3. The van der Waals surface area contributed by atoms with Gasteiger partial charge in [0.2, 0.25) is 5.91 Å². The highest BCUT2D eigenvalue weighted by Gasteiger charge is 2.20. The van der Waals surface area contributed by atoms with E-state index in [9.17, 15) is 14.4 Å². The first-order valence-corrected chi connectivity index (χ1v) is 11.3. The van der Waals surface area contributed by atoms with Crippen LogP contribution in [0.4, 0.5) is 0 Å². The number of rotatable bonds is 10. The Morgan fingerprint density at radius 2 is 1.78 bits per heavy atom. The van der Waals surface area contributed by atoms with Gasteiger partial charge in [-0.1, -0.05) is 57.5 Å². The third-order valence-electron chi connectivity index (χ3n) is 5.55. The smallest absolute Gasteiger partial charge is 0.333 e. The summed E-state index contributed by atoms with van der Waals surface area (Å²) in [7, 11) is 0. The highest BCUT2D eigenvalue weighted by atomic mass is 16.2.